The molecule has 0 heterocycles. The predicted octanol–water partition coefficient (Wildman–Crippen LogP) is 5.49. The maximum absolute atomic E-state index is 12.0. The molecule has 0 amide bonds. The van der Waals surface area contributed by atoms with Crippen molar-refractivity contribution in [3.8, 4) is 0 Å². The van der Waals surface area contributed by atoms with Crippen LogP contribution in [0.4, 0.5) is 0 Å². The Hall–Kier alpha value is -2.36. The molecule has 0 atom stereocenters. The van der Waals surface area contributed by atoms with Crippen LogP contribution in [0.25, 0.3) is 0 Å². The van der Waals surface area contributed by atoms with Crippen molar-refractivity contribution in [2.75, 3.05) is 13.2 Å². The number of unbranched alkanes of at least 4 members (excludes halogenated alkanes) is 4. The van der Waals surface area contributed by atoms with Gasteiger partial charge in [-0.25, -0.2) is 0 Å². The van der Waals surface area contributed by atoms with Crippen LogP contribution in [0.5, 0.6) is 0 Å². The molecule has 0 aliphatic carbocycles. The largest absolute Gasteiger partial charge is 0.501 e. The van der Waals surface area contributed by atoms with Crippen LogP contribution in [0.15, 0.2) is 48.9 Å². The standard InChI is InChI=1S/C22H30O4/c1-3-5-7-15-25-17-13-21(23)19-9-11-20(12-10-19)22(24)14-18-26-16-8-6-4-2/h9-14,17-18H,3-8,15-16H2,1-2H3/b17-13+,18-14+. The van der Waals surface area contributed by atoms with Gasteiger partial charge in [0.1, 0.15) is 0 Å². The summed E-state index contributed by atoms with van der Waals surface area (Å²) in [5, 5.41) is 0. The van der Waals surface area contributed by atoms with E-state index >= 15 is 0 Å². The number of rotatable bonds is 14. The summed E-state index contributed by atoms with van der Waals surface area (Å²) in [6.07, 6.45) is 12.2. The summed E-state index contributed by atoms with van der Waals surface area (Å²) in [6, 6.07) is 6.58. The van der Waals surface area contributed by atoms with Gasteiger partial charge < -0.3 is 9.47 Å². The number of ether oxygens (including phenoxy) is 2. The van der Waals surface area contributed by atoms with Gasteiger partial charge in [-0.15, -0.1) is 0 Å². The van der Waals surface area contributed by atoms with Crippen LogP contribution < -0.4 is 0 Å². The molecule has 0 bridgehead atoms. The van der Waals surface area contributed by atoms with E-state index in [9.17, 15) is 9.59 Å². The van der Waals surface area contributed by atoms with Crippen LogP contribution in [-0.4, -0.2) is 24.8 Å². The van der Waals surface area contributed by atoms with Crippen molar-refractivity contribution < 1.29 is 19.1 Å². The smallest absolute Gasteiger partial charge is 0.188 e. The van der Waals surface area contributed by atoms with Gasteiger partial charge in [0.2, 0.25) is 0 Å². The molecule has 0 unspecified atom stereocenters. The Labute approximate surface area is 156 Å². The molecular weight excluding hydrogens is 328 g/mol. The molecule has 1 rings (SSSR count). The lowest BCUT2D eigenvalue weighted by Crippen LogP contribution is -1.99. The van der Waals surface area contributed by atoms with E-state index in [4.69, 9.17) is 9.47 Å². The van der Waals surface area contributed by atoms with Gasteiger partial charge in [-0.1, -0.05) is 63.8 Å². The minimum atomic E-state index is -0.144. The van der Waals surface area contributed by atoms with Crippen molar-refractivity contribution >= 4 is 11.6 Å². The molecule has 0 spiro atoms. The minimum Gasteiger partial charge on any atom is -0.501 e. The highest BCUT2D eigenvalue weighted by molar-refractivity contribution is 6.07. The van der Waals surface area contributed by atoms with Gasteiger partial charge in [0.25, 0.3) is 0 Å². The van der Waals surface area contributed by atoms with Gasteiger partial charge in [-0.05, 0) is 12.8 Å². The molecule has 0 saturated carbocycles. The molecule has 0 aliphatic heterocycles. The van der Waals surface area contributed by atoms with E-state index in [0.29, 0.717) is 24.3 Å². The van der Waals surface area contributed by atoms with Gasteiger partial charge in [-0.3, -0.25) is 9.59 Å². The van der Waals surface area contributed by atoms with E-state index in [1.165, 1.54) is 24.7 Å². The summed E-state index contributed by atoms with van der Waals surface area (Å²) in [5.41, 5.74) is 1.05. The average molecular weight is 358 g/mol. The number of allylic oxidation sites excluding steroid dienone is 2. The van der Waals surface area contributed by atoms with Crippen LogP contribution in [0.3, 0.4) is 0 Å². The van der Waals surface area contributed by atoms with Crippen molar-refractivity contribution in [1.82, 2.24) is 0 Å². The zero-order valence-electron chi connectivity index (χ0n) is 15.9. The Morgan fingerprint density at radius 3 is 1.46 bits per heavy atom. The topological polar surface area (TPSA) is 52.6 Å². The molecule has 26 heavy (non-hydrogen) atoms. The lowest BCUT2D eigenvalue weighted by Gasteiger charge is -2.01. The fraction of sp³-hybridized carbons (Fsp3) is 0.455. The number of carbonyl (C=O) groups excluding carboxylic acids is 2. The molecule has 4 heteroatoms. The van der Waals surface area contributed by atoms with Crippen molar-refractivity contribution in [1.29, 1.82) is 0 Å². The first-order valence-corrected chi connectivity index (χ1v) is 9.44. The number of benzene rings is 1. The van der Waals surface area contributed by atoms with Gasteiger partial charge in [-0.2, -0.15) is 0 Å². The second-order valence-corrected chi connectivity index (χ2v) is 6.07. The molecule has 0 saturated heterocycles. The summed E-state index contributed by atoms with van der Waals surface area (Å²) in [5.74, 6) is -0.288. The lowest BCUT2D eigenvalue weighted by molar-refractivity contribution is 0.103. The molecular formula is C22H30O4. The van der Waals surface area contributed by atoms with Gasteiger partial charge in [0, 0.05) is 23.3 Å². The molecule has 0 fully saturated rings. The highest BCUT2D eigenvalue weighted by atomic mass is 16.5. The first-order valence-electron chi connectivity index (χ1n) is 9.44. The van der Waals surface area contributed by atoms with Crippen molar-refractivity contribution in [3.63, 3.8) is 0 Å². The molecule has 0 aliphatic rings. The van der Waals surface area contributed by atoms with E-state index in [0.717, 1.165) is 38.5 Å². The van der Waals surface area contributed by atoms with Crippen LogP contribution in [0.2, 0.25) is 0 Å². The molecule has 1 aromatic rings. The maximum Gasteiger partial charge on any atom is 0.188 e. The fourth-order valence-electron chi connectivity index (χ4n) is 2.22. The number of ketones is 2. The Kier molecular flexibility index (Phi) is 11.6. The third kappa shape index (κ3) is 9.21. The van der Waals surface area contributed by atoms with Gasteiger partial charge >= 0.3 is 0 Å². The van der Waals surface area contributed by atoms with Crippen molar-refractivity contribution in [2.45, 2.75) is 52.4 Å². The number of hydrogen-bond acceptors (Lipinski definition) is 4. The Balaban J connectivity index is 2.41. The van der Waals surface area contributed by atoms with E-state index in [1.54, 1.807) is 24.3 Å². The highest BCUT2D eigenvalue weighted by Gasteiger charge is 2.05. The summed E-state index contributed by atoms with van der Waals surface area (Å²) in [4.78, 5) is 24.1. The second kappa shape index (κ2) is 13.9. The SMILES string of the molecule is CCCCCO/C=C/C(=O)c1ccc(C(=O)/C=C/OCCCCC)cc1. The zero-order chi connectivity index (χ0) is 19.0. The fourth-order valence-corrected chi connectivity index (χ4v) is 2.22. The first-order chi connectivity index (χ1) is 12.7. The molecule has 0 aromatic heterocycles. The summed E-state index contributed by atoms with van der Waals surface area (Å²) < 4.78 is 10.6. The molecule has 0 radical (unpaired) electrons. The van der Waals surface area contributed by atoms with E-state index < -0.39 is 0 Å². The first kappa shape index (κ1) is 21.7. The third-order valence-electron chi connectivity index (χ3n) is 3.82. The quantitative estimate of drug-likeness (QED) is 0.191. The van der Waals surface area contributed by atoms with E-state index in [1.807, 2.05) is 0 Å². The lowest BCUT2D eigenvalue weighted by atomic mass is 10.1. The van der Waals surface area contributed by atoms with Gasteiger partial charge in [0.05, 0.1) is 25.7 Å². The summed E-state index contributed by atoms with van der Waals surface area (Å²) in [7, 11) is 0. The second-order valence-electron chi connectivity index (χ2n) is 6.07. The van der Waals surface area contributed by atoms with Gasteiger partial charge in [0.15, 0.2) is 11.6 Å². The average Bonchev–Trinajstić information content (AvgIpc) is 2.67. The van der Waals surface area contributed by atoms with E-state index in [2.05, 4.69) is 13.8 Å². The van der Waals surface area contributed by atoms with E-state index in [-0.39, 0.29) is 11.6 Å². The monoisotopic (exact) mass is 358 g/mol. The van der Waals surface area contributed by atoms with Crippen molar-refractivity contribution in [3.05, 3.63) is 60.1 Å². The molecule has 1 aromatic carbocycles. The normalized spacial score (nSPS) is 11.2. The predicted molar refractivity (Wildman–Crippen MR) is 104 cm³/mol. The maximum atomic E-state index is 12.0. The number of hydrogen-bond donors (Lipinski definition) is 0. The summed E-state index contributed by atoms with van der Waals surface area (Å²) >= 11 is 0. The molecule has 4 nitrogen and oxygen atoms in total. The van der Waals surface area contributed by atoms with Crippen LogP contribution in [0, 0.1) is 0 Å². The Morgan fingerprint density at radius 1 is 0.731 bits per heavy atom. The van der Waals surface area contributed by atoms with Crippen LogP contribution >= 0.6 is 0 Å². The molecule has 142 valence electrons. The minimum absolute atomic E-state index is 0.144. The summed E-state index contributed by atoms with van der Waals surface area (Å²) in [6.45, 7) is 5.50. The highest BCUT2D eigenvalue weighted by Crippen LogP contribution is 2.08. The van der Waals surface area contributed by atoms with Crippen LogP contribution in [-0.2, 0) is 9.47 Å². The van der Waals surface area contributed by atoms with Crippen molar-refractivity contribution in [2.24, 2.45) is 0 Å². The third-order valence-corrected chi connectivity index (χ3v) is 3.82. The molecule has 0 N–H and O–H groups in total. The van der Waals surface area contributed by atoms with Crippen LogP contribution in [0.1, 0.15) is 73.1 Å². The number of carbonyl (C=O) groups is 2. The Morgan fingerprint density at radius 2 is 1.12 bits per heavy atom. The Bertz CT molecular complexity index is 532. The zero-order valence-corrected chi connectivity index (χ0v) is 15.9.